The van der Waals surface area contributed by atoms with Gasteiger partial charge in [-0.2, -0.15) is 0 Å². The van der Waals surface area contributed by atoms with E-state index in [1.54, 1.807) is 0 Å². The van der Waals surface area contributed by atoms with Crippen LogP contribution in [0.15, 0.2) is 21.9 Å². The predicted octanol–water partition coefficient (Wildman–Crippen LogP) is -0.0823. The molecule has 2 aliphatic rings. The van der Waals surface area contributed by atoms with E-state index in [0.717, 1.165) is 17.7 Å². The maximum Gasteiger partial charge on any atom is 0.331 e. The summed E-state index contributed by atoms with van der Waals surface area (Å²) in [5.41, 5.74) is -2.03. The van der Waals surface area contributed by atoms with Gasteiger partial charge in [0.05, 0.1) is 11.8 Å². The molecule has 2 heterocycles. The zero-order chi connectivity index (χ0) is 21.6. The molecule has 1 aliphatic heterocycles. The van der Waals surface area contributed by atoms with Gasteiger partial charge in [0.15, 0.2) is 6.23 Å². The van der Waals surface area contributed by atoms with E-state index in [-0.39, 0.29) is 0 Å². The third-order valence-electron chi connectivity index (χ3n) is 5.02. The number of H-pyrrole nitrogens is 1. The Balaban J connectivity index is 1.97. The molecule has 2 fully saturated rings. The molecule has 164 valence electrons. The van der Waals surface area contributed by atoms with Crippen LogP contribution in [-0.4, -0.2) is 64.6 Å². The number of ether oxygens (including phenoxy) is 2. The van der Waals surface area contributed by atoms with Crippen LogP contribution in [0.25, 0.3) is 0 Å². The van der Waals surface area contributed by atoms with Gasteiger partial charge in [-0.05, 0) is 18.2 Å². The van der Waals surface area contributed by atoms with Gasteiger partial charge in [-0.15, -0.1) is 0 Å². The van der Waals surface area contributed by atoms with Gasteiger partial charge in [0.25, 0.3) is 5.56 Å². The lowest BCUT2D eigenvalue weighted by Gasteiger charge is -2.26. The van der Waals surface area contributed by atoms with E-state index in [0.29, 0.717) is 6.42 Å². The summed E-state index contributed by atoms with van der Waals surface area (Å²) in [6.45, 7) is -3.66. The minimum atomic E-state index is -3.87. The molecular formula is C14H22N2O10P2S. The van der Waals surface area contributed by atoms with Crippen LogP contribution in [0.5, 0.6) is 0 Å². The smallest absolute Gasteiger partial charge is 0.331 e. The second kappa shape index (κ2) is 8.43. The molecule has 3 rings (SSSR count). The number of hydrogen-bond donors (Lipinski definition) is 3. The second-order valence-electron chi connectivity index (χ2n) is 6.64. The van der Waals surface area contributed by atoms with Gasteiger partial charge >= 0.3 is 20.0 Å². The maximum absolute atomic E-state index is 12.2. The topological polar surface area (TPSA) is 159 Å². The molecule has 0 bridgehead atoms. The Bertz CT molecular complexity index is 966. The molecule has 1 saturated carbocycles. The second-order valence-corrected chi connectivity index (χ2v) is 11.7. The first-order chi connectivity index (χ1) is 13.5. The zero-order valence-corrected chi connectivity index (χ0v) is 18.3. The van der Waals surface area contributed by atoms with Crippen LogP contribution >= 0.6 is 14.3 Å². The van der Waals surface area contributed by atoms with E-state index in [2.05, 4.69) is 4.98 Å². The van der Waals surface area contributed by atoms with Crippen LogP contribution < -0.4 is 11.2 Å². The SMILES string of the molecule is COC1C(OP(O)(=S)OC)[C@@H](C2CC2P(=O)(O)OC)O[C@H]1n1ccc(=O)[nH]c1=O. The minimum Gasteiger partial charge on any atom is -0.374 e. The highest BCUT2D eigenvalue weighted by Gasteiger charge is 2.62. The molecule has 3 N–H and O–H groups in total. The predicted molar refractivity (Wildman–Crippen MR) is 103 cm³/mol. The van der Waals surface area contributed by atoms with E-state index < -0.39 is 61.7 Å². The molecule has 0 aromatic carbocycles. The number of rotatable bonds is 8. The number of nitrogens with zero attached hydrogens (tertiary/aromatic N) is 1. The summed E-state index contributed by atoms with van der Waals surface area (Å²) >= 11 is 4.93. The fourth-order valence-corrected chi connectivity index (χ4v) is 5.86. The highest BCUT2D eigenvalue weighted by atomic mass is 32.5. The molecule has 12 nitrogen and oxygen atoms in total. The van der Waals surface area contributed by atoms with Crippen molar-refractivity contribution >= 4 is 26.1 Å². The van der Waals surface area contributed by atoms with Crippen LogP contribution in [0.3, 0.4) is 0 Å². The zero-order valence-electron chi connectivity index (χ0n) is 15.7. The lowest BCUT2D eigenvalue weighted by atomic mass is 10.1. The van der Waals surface area contributed by atoms with Crippen molar-refractivity contribution < 1.29 is 37.4 Å². The van der Waals surface area contributed by atoms with Crippen LogP contribution in [0.4, 0.5) is 0 Å². The monoisotopic (exact) mass is 472 g/mol. The molecular weight excluding hydrogens is 450 g/mol. The Morgan fingerprint density at radius 1 is 1.24 bits per heavy atom. The lowest BCUT2D eigenvalue weighted by molar-refractivity contribution is -0.0571. The largest absolute Gasteiger partial charge is 0.374 e. The number of methoxy groups -OCH3 is 1. The Hall–Kier alpha value is -0.720. The average molecular weight is 472 g/mol. The molecule has 1 aromatic rings. The van der Waals surface area contributed by atoms with Crippen LogP contribution in [0, 0.1) is 5.92 Å². The van der Waals surface area contributed by atoms with Gasteiger partial charge in [0.2, 0.25) is 0 Å². The molecule has 0 radical (unpaired) electrons. The third kappa shape index (κ3) is 4.64. The van der Waals surface area contributed by atoms with Crippen molar-refractivity contribution in [3.05, 3.63) is 33.1 Å². The fourth-order valence-electron chi connectivity index (χ4n) is 3.49. The van der Waals surface area contributed by atoms with E-state index in [1.807, 2.05) is 0 Å². The third-order valence-corrected chi connectivity index (χ3v) is 8.65. The minimum absolute atomic E-state index is 0.303. The molecule has 1 saturated heterocycles. The molecule has 0 amide bonds. The standard InChI is InChI=1S/C14H22N2O10P2S/c1-22-12-11(26-28(21,29)24-3)10(7-6-8(7)27(19,20)23-2)25-13(12)16-5-4-9(17)15-14(16)18/h4-5,7-8,10-13H,6H2,1-3H3,(H,19,20)(H,21,29)(H,15,17,18)/t7?,8?,10-,11?,12?,13-,28?/m1/s1. The summed E-state index contributed by atoms with van der Waals surface area (Å²) in [5.74, 6) is -0.469. The van der Waals surface area contributed by atoms with Crippen molar-refractivity contribution in [2.75, 3.05) is 21.3 Å². The Kier molecular flexibility index (Phi) is 6.67. The Morgan fingerprint density at radius 2 is 1.93 bits per heavy atom. The number of hydrogen-bond acceptors (Lipinski definition) is 9. The summed E-state index contributed by atoms with van der Waals surface area (Å²) < 4.78 is 39.9. The van der Waals surface area contributed by atoms with E-state index in [4.69, 9.17) is 34.9 Å². The van der Waals surface area contributed by atoms with Crippen molar-refractivity contribution in [1.82, 2.24) is 9.55 Å². The summed E-state index contributed by atoms with van der Waals surface area (Å²) in [6.07, 6.45) is -2.31. The molecule has 6 unspecified atom stereocenters. The highest BCUT2D eigenvalue weighted by Crippen LogP contribution is 2.64. The molecule has 0 spiro atoms. The van der Waals surface area contributed by atoms with Gasteiger partial charge in [-0.1, -0.05) is 0 Å². The van der Waals surface area contributed by atoms with Gasteiger partial charge in [-0.25, -0.2) is 4.79 Å². The first-order valence-electron chi connectivity index (χ1n) is 8.49. The van der Waals surface area contributed by atoms with Crippen molar-refractivity contribution in [3.8, 4) is 0 Å². The summed E-state index contributed by atoms with van der Waals surface area (Å²) in [5, 5.41) is 0. The van der Waals surface area contributed by atoms with Gasteiger partial charge in [0.1, 0.15) is 12.2 Å². The first kappa shape index (κ1) is 23.0. The average Bonchev–Trinajstić information content (AvgIpc) is 3.39. The molecule has 29 heavy (non-hydrogen) atoms. The highest BCUT2D eigenvalue weighted by molar-refractivity contribution is 8.07. The first-order valence-corrected chi connectivity index (χ1v) is 12.7. The van der Waals surface area contributed by atoms with E-state index in [9.17, 15) is 23.9 Å². The quantitative estimate of drug-likeness (QED) is 0.435. The number of aromatic nitrogens is 2. The van der Waals surface area contributed by atoms with Crippen molar-refractivity contribution in [1.29, 1.82) is 0 Å². The van der Waals surface area contributed by atoms with Crippen molar-refractivity contribution in [3.63, 3.8) is 0 Å². The number of aromatic amines is 1. The van der Waals surface area contributed by atoms with Gasteiger partial charge in [-0.3, -0.25) is 23.4 Å². The summed E-state index contributed by atoms with van der Waals surface area (Å²) in [4.78, 5) is 45.9. The Labute approximate surface area is 170 Å². The van der Waals surface area contributed by atoms with Crippen molar-refractivity contribution in [2.24, 2.45) is 5.92 Å². The summed E-state index contributed by atoms with van der Waals surface area (Å²) in [7, 11) is -0.196. The van der Waals surface area contributed by atoms with Crippen molar-refractivity contribution in [2.45, 2.75) is 36.6 Å². The van der Waals surface area contributed by atoms with Crippen LogP contribution in [-0.2, 0) is 39.4 Å². The lowest BCUT2D eigenvalue weighted by Crippen LogP contribution is -2.39. The van der Waals surface area contributed by atoms with Gasteiger partial charge < -0.3 is 28.3 Å². The van der Waals surface area contributed by atoms with Crippen LogP contribution in [0.2, 0.25) is 0 Å². The molecule has 1 aromatic heterocycles. The van der Waals surface area contributed by atoms with E-state index in [1.165, 1.54) is 20.4 Å². The van der Waals surface area contributed by atoms with E-state index >= 15 is 0 Å². The normalized spacial score (nSPS) is 35.8. The van der Waals surface area contributed by atoms with Crippen LogP contribution in [0.1, 0.15) is 12.6 Å². The molecule has 1 aliphatic carbocycles. The molecule has 15 heteroatoms. The summed E-state index contributed by atoms with van der Waals surface area (Å²) in [6, 6.07) is 1.14. The van der Waals surface area contributed by atoms with Gasteiger partial charge in [0, 0.05) is 39.5 Å². The Morgan fingerprint density at radius 3 is 2.48 bits per heavy atom. The maximum atomic E-state index is 12.2. The fraction of sp³-hybridized carbons (Fsp3) is 0.714. The molecule has 8 atom stereocenters. The number of nitrogens with one attached hydrogen (secondary N) is 1.